The lowest BCUT2D eigenvalue weighted by Gasteiger charge is -2.14. The number of ether oxygens (including phenoxy) is 1. The van der Waals surface area contributed by atoms with Crippen LogP contribution in [-0.4, -0.2) is 55.1 Å². The van der Waals surface area contributed by atoms with Gasteiger partial charge in [-0.15, -0.1) is 0 Å². The molecule has 1 aliphatic rings. The molecule has 0 radical (unpaired) electrons. The van der Waals surface area contributed by atoms with E-state index in [9.17, 15) is 15.0 Å². The smallest absolute Gasteiger partial charge is 0.280 e. The van der Waals surface area contributed by atoms with E-state index < -0.39 is 18.4 Å². The summed E-state index contributed by atoms with van der Waals surface area (Å²) in [6, 6.07) is 0. The van der Waals surface area contributed by atoms with Gasteiger partial charge in [0.1, 0.15) is 12.3 Å². The molecule has 1 saturated heterocycles. The minimum Gasteiger partial charge on any atom is -0.394 e. The topological polar surface area (TPSA) is 125 Å². The summed E-state index contributed by atoms with van der Waals surface area (Å²) in [6.45, 7) is 2.53. The fourth-order valence-electron chi connectivity index (χ4n) is 2.65. The first-order valence-electron chi connectivity index (χ1n) is 7.79. The summed E-state index contributed by atoms with van der Waals surface area (Å²) in [4.78, 5) is 23.2. The van der Waals surface area contributed by atoms with Crippen molar-refractivity contribution in [3.63, 3.8) is 0 Å². The lowest BCUT2D eigenvalue weighted by molar-refractivity contribution is -0.0432. The van der Waals surface area contributed by atoms with Crippen LogP contribution in [-0.2, 0) is 4.74 Å². The van der Waals surface area contributed by atoms with Crippen molar-refractivity contribution in [2.24, 2.45) is 0 Å². The van der Waals surface area contributed by atoms with Crippen LogP contribution in [0.25, 0.3) is 11.2 Å². The molecule has 0 amide bonds. The number of rotatable bonds is 6. The van der Waals surface area contributed by atoms with Crippen LogP contribution in [0, 0.1) is 0 Å². The van der Waals surface area contributed by atoms with Crippen LogP contribution in [0.15, 0.2) is 11.1 Å². The number of aliphatic hydroxyl groups excluding tert-OH is 2. The molecule has 0 aromatic carbocycles. The van der Waals surface area contributed by atoms with E-state index in [0.29, 0.717) is 24.6 Å². The number of anilines is 1. The largest absolute Gasteiger partial charge is 0.394 e. The van der Waals surface area contributed by atoms with Crippen LogP contribution in [0.1, 0.15) is 32.4 Å². The Morgan fingerprint density at radius 3 is 3.09 bits per heavy atom. The third-order valence-corrected chi connectivity index (χ3v) is 3.95. The molecular weight excluding hydrogens is 302 g/mol. The summed E-state index contributed by atoms with van der Waals surface area (Å²) in [5, 5.41) is 22.1. The molecule has 1 aliphatic heterocycles. The van der Waals surface area contributed by atoms with Crippen molar-refractivity contribution in [3.8, 4) is 0 Å². The normalized spacial score (nSPS) is 24.4. The zero-order valence-electron chi connectivity index (χ0n) is 12.9. The van der Waals surface area contributed by atoms with Crippen molar-refractivity contribution in [1.82, 2.24) is 19.5 Å². The third kappa shape index (κ3) is 3.07. The molecule has 3 rings (SSSR count). The Labute approximate surface area is 132 Å². The van der Waals surface area contributed by atoms with E-state index in [4.69, 9.17) is 4.74 Å². The van der Waals surface area contributed by atoms with E-state index in [2.05, 4.69) is 27.2 Å². The summed E-state index contributed by atoms with van der Waals surface area (Å²) in [5.74, 6) is 0.384. The standard InChI is InChI=1S/C14H21N5O4/c1-2-3-4-15-14-17-12-11(13(22)18-14)16-7-19(12)10-5-8(21)9(6-20)23-10/h7-10,20-21H,2-6H2,1H3,(H2,15,17,18,22)/t8-,9+,10+/m0/s1. The first-order chi connectivity index (χ1) is 11.1. The van der Waals surface area contributed by atoms with Crippen LogP contribution in [0.4, 0.5) is 5.95 Å². The van der Waals surface area contributed by atoms with Gasteiger partial charge in [0.15, 0.2) is 11.2 Å². The molecule has 2 aromatic heterocycles. The second-order valence-corrected chi connectivity index (χ2v) is 5.63. The van der Waals surface area contributed by atoms with Gasteiger partial charge in [0.2, 0.25) is 5.95 Å². The molecule has 0 aliphatic carbocycles. The number of hydrogen-bond donors (Lipinski definition) is 4. The summed E-state index contributed by atoms with van der Waals surface area (Å²) < 4.78 is 7.22. The van der Waals surface area contributed by atoms with E-state index in [1.165, 1.54) is 6.33 Å². The fourth-order valence-corrected chi connectivity index (χ4v) is 2.65. The Hall–Kier alpha value is -1.97. The van der Waals surface area contributed by atoms with Gasteiger partial charge in [0.05, 0.1) is 19.0 Å². The number of aliphatic hydroxyl groups is 2. The molecule has 3 heterocycles. The maximum Gasteiger partial charge on any atom is 0.280 e. The zero-order valence-corrected chi connectivity index (χ0v) is 12.9. The van der Waals surface area contributed by atoms with E-state index in [-0.39, 0.29) is 17.7 Å². The van der Waals surface area contributed by atoms with Crippen molar-refractivity contribution in [2.45, 2.75) is 44.6 Å². The number of imidazole rings is 1. The molecular formula is C14H21N5O4. The molecule has 0 bridgehead atoms. The van der Waals surface area contributed by atoms with Gasteiger partial charge in [-0.05, 0) is 6.42 Å². The molecule has 23 heavy (non-hydrogen) atoms. The van der Waals surface area contributed by atoms with Gasteiger partial charge in [0.25, 0.3) is 5.56 Å². The third-order valence-electron chi connectivity index (χ3n) is 3.95. The van der Waals surface area contributed by atoms with Gasteiger partial charge in [0, 0.05) is 13.0 Å². The highest BCUT2D eigenvalue weighted by atomic mass is 16.5. The molecule has 9 heteroatoms. The number of H-pyrrole nitrogens is 1. The molecule has 126 valence electrons. The molecule has 9 nitrogen and oxygen atoms in total. The molecule has 2 aromatic rings. The number of nitrogens with one attached hydrogen (secondary N) is 2. The summed E-state index contributed by atoms with van der Waals surface area (Å²) in [7, 11) is 0. The van der Waals surface area contributed by atoms with E-state index in [1.54, 1.807) is 4.57 Å². The van der Waals surface area contributed by atoms with Crippen molar-refractivity contribution < 1.29 is 14.9 Å². The number of aromatic nitrogens is 4. The monoisotopic (exact) mass is 323 g/mol. The van der Waals surface area contributed by atoms with Crippen LogP contribution >= 0.6 is 0 Å². The zero-order chi connectivity index (χ0) is 16.4. The number of aromatic amines is 1. The lowest BCUT2D eigenvalue weighted by atomic mass is 10.2. The van der Waals surface area contributed by atoms with E-state index in [1.807, 2.05) is 0 Å². The van der Waals surface area contributed by atoms with E-state index in [0.717, 1.165) is 12.8 Å². The molecule has 4 N–H and O–H groups in total. The van der Waals surface area contributed by atoms with Gasteiger partial charge >= 0.3 is 0 Å². The highest BCUT2D eigenvalue weighted by Crippen LogP contribution is 2.30. The number of nitrogens with zero attached hydrogens (tertiary/aromatic N) is 3. The van der Waals surface area contributed by atoms with Crippen molar-refractivity contribution in [3.05, 3.63) is 16.7 Å². The number of hydrogen-bond acceptors (Lipinski definition) is 7. The second-order valence-electron chi connectivity index (χ2n) is 5.63. The maximum absolute atomic E-state index is 12.1. The molecule has 0 saturated carbocycles. The second kappa shape index (κ2) is 6.65. The number of unbranched alkanes of at least 4 members (excludes halogenated alkanes) is 1. The Balaban J connectivity index is 1.91. The van der Waals surface area contributed by atoms with Crippen LogP contribution < -0.4 is 10.9 Å². The van der Waals surface area contributed by atoms with Gasteiger partial charge in [-0.25, -0.2) is 4.98 Å². The lowest BCUT2D eigenvalue weighted by Crippen LogP contribution is -2.24. The highest BCUT2D eigenvalue weighted by Gasteiger charge is 2.35. The molecule has 0 spiro atoms. The van der Waals surface area contributed by atoms with Crippen LogP contribution in [0.2, 0.25) is 0 Å². The predicted octanol–water partition coefficient (Wildman–Crippen LogP) is -0.0277. The average Bonchev–Trinajstić information content (AvgIpc) is 3.11. The summed E-state index contributed by atoms with van der Waals surface area (Å²) in [5.41, 5.74) is 0.283. The minimum absolute atomic E-state index is 0.219. The van der Waals surface area contributed by atoms with Gasteiger partial charge < -0.3 is 20.3 Å². The van der Waals surface area contributed by atoms with Crippen molar-refractivity contribution in [2.75, 3.05) is 18.5 Å². The fraction of sp³-hybridized carbons (Fsp3) is 0.643. The van der Waals surface area contributed by atoms with Gasteiger partial charge in [-0.1, -0.05) is 13.3 Å². The van der Waals surface area contributed by atoms with E-state index >= 15 is 0 Å². The van der Waals surface area contributed by atoms with Crippen molar-refractivity contribution in [1.29, 1.82) is 0 Å². The highest BCUT2D eigenvalue weighted by molar-refractivity contribution is 5.70. The average molecular weight is 323 g/mol. The first kappa shape index (κ1) is 15.9. The molecule has 3 atom stereocenters. The predicted molar refractivity (Wildman–Crippen MR) is 83.2 cm³/mol. The SMILES string of the molecule is CCCCNc1nc2c(ncn2[C@H]2C[C@H](O)[C@@H](CO)O2)c(=O)[nH]1. The maximum atomic E-state index is 12.1. The van der Waals surface area contributed by atoms with Gasteiger partial charge in [-0.3, -0.25) is 14.3 Å². The Bertz CT molecular complexity index is 728. The Kier molecular flexibility index (Phi) is 4.60. The molecule has 0 unspecified atom stereocenters. The minimum atomic E-state index is -0.758. The Morgan fingerprint density at radius 2 is 2.39 bits per heavy atom. The summed E-state index contributed by atoms with van der Waals surface area (Å²) in [6.07, 6.45) is 1.88. The summed E-state index contributed by atoms with van der Waals surface area (Å²) >= 11 is 0. The quantitative estimate of drug-likeness (QED) is 0.550. The van der Waals surface area contributed by atoms with Gasteiger partial charge in [-0.2, -0.15) is 4.98 Å². The molecule has 1 fully saturated rings. The van der Waals surface area contributed by atoms with Crippen LogP contribution in [0.3, 0.4) is 0 Å². The number of fused-ring (bicyclic) bond motifs is 1. The first-order valence-corrected chi connectivity index (χ1v) is 7.79. The Morgan fingerprint density at radius 1 is 1.57 bits per heavy atom. The van der Waals surface area contributed by atoms with Crippen molar-refractivity contribution >= 4 is 17.1 Å². The van der Waals surface area contributed by atoms with Crippen LogP contribution in [0.5, 0.6) is 0 Å².